The van der Waals surface area contributed by atoms with Crippen LogP contribution >= 0.6 is 0 Å². The van der Waals surface area contributed by atoms with E-state index in [2.05, 4.69) is 50.1 Å². The van der Waals surface area contributed by atoms with Crippen LogP contribution in [0, 0.1) is 0 Å². The molecule has 2 fully saturated rings. The quantitative estimate of drug-likeness (QED) is 0.881. The van der Waals surface area contributed by atoms with Crippen molar-refractivity contribution >= 4 is 0 Å². The average Bonchev–Trinajstić information content (AvgIpc) is 2.63. The molecule has 1 aromatic rings. The lowest BCUT2D eigenvalue weighted by atomic mass is 9.80. The number of hydrogen-bond acceptors (Lipinski definition) is 2. The first kappa shape index (κ1) is 13.1. The Bertz CT molecular complexity index is 454. The minimum Gasteiger partial charge on any atom is -0.385 e. The minimum absolute atomic E-state index is 0.520. The Morgan fingerprint density at radius 3 is 2.42 bits per heavy atom. The largest absolute Gasteiger partial charge is 0.385 e. The summed E-state index contributed by atoms with van der Waals surface area (Å²) in [5.41, 5.74) is 1.85. The molecule has 19 heavy (non-hydrogen) atoms. The van der Waals surface area contributed by atoms with Crippen LogP contribution in [0.25, 0.3) is 0 Å². The summed E-state index contributed by atoms with van der Waals surface area (Å²) in [4.78, 5) is 2.47. The van der Waals surface area contributed by atoms with Crippen molar-refractivity contribution in [3.63, 3.8) is 0 Å². The normalized spacial score (nSPS) is 35.0. The average molecular weight is 259 g/mol. The van der Waals surface area contributed by atoms with Crippen LogP contribution in [-0.4, -0.2) is 29.1 Å². The first-order valence-electron chi connectivity index (χ1n) is 7.54. The van der Waals surface area contributed by atoms with Crippen molar-refractivity contribution in [2.24, 2.45) is 0 Å². The van der Waals surface area contributed by atoms with Gasteiger partial charge < -0.3 is 10.0 Å². The van der Waals surface area contributed by atoms with Crippen molar-refractivity contribution in [3.05, 3.63) is 35.4 Å². The van der Waals surface area contributed by atoms with Crippen LogP contribution in [0.3, 0.4) is 0 Å². The molecule has 2 atom stereocenters. The van der Waals surface area contributed by atoms with Crippen molar-refractivity contribution in [1.29, 1.82) is 0 Å². The molecule has 0 spiro atoms. The van der Waals surface area contributed by atoms with E-state index in [1.165, 1.54) is 18.4 Å². The van der Waals surface area contributed by atoms with Gasteiger partial charge in [0, 0.05) is 12.1 Å². The van der Waals surface area contributed by atoms with Crippen molar-refractivity contribution in [2.45, 2.75) is 63.1 Å². The van der Waals surface area contributed by atoms with Crippen LogP contribution in [0.2, 0.25) is 0 Å². The molecule has 0 saturated carbocycles. The number of fused-ring (bicyclic) bond motifs is 2. The van der Waals surface area contributed by atoms with Crippen LogP contribution in [0.4, 0.5) is 0 Å². The van der Waals surface area contributed by atoms with Crippen molar-refractivity contribution in [2.75, 3.05) is 7.05 Å². The molecule has 0 aliphatic carbocycles. The topological polar surface area (TPSA) is 23.5 Å². The number of hydrogen-bond donors (Lipinski definition) is 1. The molecule has 0 radical (unpaired) electrons. The Balaban J connectivity index is 1.91. The second-order valence-corrected chi connectivity index (χ2v) is 6.77. The molecule has 2 heteroatoms. The zero-order valence-corrected chi connectivity index (χ0v) is 12.3. The van der Waals surface area contributed by atoms with E-state index < -0.39 is 5.60 Å². The summed E-state index contributed by atoms with van der Waals surface area (Å²) in [5.74, 6) is 0.520. The molecule has 2 bridgehead atoms. The number of aliphatic hydroxyl groups is 1. The number of piperidine rings is 1. The standard InChI is InChI=1S/C17H25NO/c1-12(2)13-5-4-6-14(9-13)17(19)10-15-7-8-16(11-17)18(15)3/h4-6,9,12,15-16,19H,7-8,10-11H2,1-3H3. The highest BCUT2D eigenvalue weighted by Gasteiger charge is 2.46. The molecule has 104 valence electrons. The highest BCUT2D eigenvalue weighted by molar-refractivity contribution is 5.31. The van der Waals surface area contributed by atoms with Crippen LogP contribution in [-0.2, 0) is 5.60 Å². The Labute approximate surface area is 116 Å². The van der Waals surface area contributed by atoms with Gasteiger partial charge in [0.1, 0.15) is 0 Å². The predicted molar refractivity (Wildman–Crippen MR) is 78.2 cm³/mol. The third-order valence-electron chi connectivity index (χ3n) is 5.22. The summed E-state index contributed by atoms with van der Waals surface area (Å²) < 4.78 is 0. The summed E-state index contributed by atoms with van der Waals surface area (Å²) in [7, 11) is 2.21. The molecular weight excluding hydrogens is 234 g/mol. The SMILES string of the molecule is CC(C)c1cccc(C2(O)CC3CCC(C2)N3C)c1. The number of benzene rings is 1. The lowest BCUT2D eigenvalue weighted by Crippen LogP contribution is -2.47. The zero-order valence-electron chi connectivity index (χ0n) is 12.3. The van der Waals surface area contributed by atoms with Crippen molar-refractivity contribution in [1.82, 2.24) is 4.90 Å². The summed E-state index contributed by atoms with van der Waals surface area (Å²) in [6, 6.07) is 9.72. The smallest absolute Gasteiger partial charge is 0.0926 e. The molecule has 0 aromatic heterocycles. The summed E-state index contributed by atoms with van der Waals surface area (Å²) >= 11 is 0. The lowest BCUT2D eigenvalue weighted by Gasteiger charge is -2.42. The third kappa shape index (κ3) is 2.21. The van der Waals surface area contributed by atoms with Gasteiger partial charge in [0.2, 0.25) is 0 Å². The van der Waals surface area contributed by atoms with Crippen LogP contribution < -0.4 is 0 Å². The van der Waals surface area contributed by atoms with E-state index in [-0.39, 0.29) is 0 Å². The molecule has 1 N–H and O–H groups in total. The third-order valence-corrected chi connectivity index (χ3v) is 5.22. The molecule has 0 amide bonds. The first-order valence-corrected chi connectivity index (χ1v) is 7.54. The fourth-order valence-electron chi connectivity index (χ4n) is 3.87. The number of nitrogens with zero attached hydrogens (tertiary/aromatic N) is 1. The van der Waals surface area contributed by atoms with Gasteiger partial charge in [0.05, 0.1) is 5.60 Å². The van der Waals surface area contributed by atoms with Gasteiger partial charge >= 0.3 is 0 Å². The van der Waals surface area contributed by atoms with E-state index in [0.717, 1.165) is 18.4 Å². The molecule has 2 saturated heterocycles. The van der Waals surface area contributed by atoms with E-state index in [9.17, 15) is 5.11 Å². The van der Waals surface area contributed by atoms with Gasteiger partial charge in [0.25, 0.3) is 0 Å². The van der Waals surface area contributed by atoms with Gasteiger partial charge in [-0.25, -0.2) is 0 Å². The predicted octanol–water partition coefficient (Wildman–Crippen LogP) is 3.25. The molecule has 2 heterocycles. The maximum absolute atomic E-state index is 11.1. The maximum Gasteiger partial charge on any atom is 0.0926 e. The Morgan fingerprint density at radius 1 is 1.21 bits per heavy atom. The molecule has 2 aliphatic heterocycles. The van der Waals surface area contributed by atoms with Crippen LogP contribution in [0.15, 0.2) is 24.3 Å². The van der Waals surface area contributed by atoms with E-state index in [0.29, 0.717) is 18.0 Å². The molecule has 3 rings (SSSR count). The Kier molecular flexibility index (Phi) is 3.18. The lowest BCUT2D eigenvalue weighted by molar-refractivity contribution is -0.0493. The van der Waals surface area contributed by atoms with Crippen molar-refractivity contribution in [3.8, 4) is 0 Å². The Morgan fingerprint density at radius 2 is 1.84 bits per heavy atom. The van der Waals surface area contributed by atoms with E-state index in [1.54, 1.807) is 0 Å². The van der Waals surface area contributed by atoms with E-state index in [1.807, 2.05) is 0 Å². The molecule has 1 aromatic carbocycles. The molecule has 2 nitrogen and oxygen atoms in total. The minimum atomic E-state index is -0.608. The van der Waals surface area contributed by atoms with Gasteiger partial charge in [-0.1, -0.05) is 38.1 Å². The Hall–Kier alpha value is -0.860. The summed E-state index contributed by atoms with van der Waals surface area (Å²) in [5, 5.41) is 11.1. The molecule has 2 aliphatic rings. The fraction of sp³-hybridized carbons (Fsp3) is 0.647. The monoisotopic (exact) mass is 259 g/mol. The highest BCUT2D eigenvalue weighted by atomic mass is 16.3. The number of rotatable bonds is 2. The molecular formula is C17H25NO. The van der Waals surface area contributed by atoms with E-state index in [4.69, 9.17) is 0 Å². The van der Waals surface area contributed by atoms with Crippen molar-refractivity contribution < 1.29 is 5.11 Å². The van der Waals surface area contributed by atoms with Gasteiger partial charge in [0.15, 0.2) is 0 Å². The van der Waals surface area contributed by atoms with Gasteiger partial charge in [-0.15, -0.1) is 0 Å². The maximum atomic E-state index is 11.1. The summed E-state index contributed by atoms with van der Waals surface area (Å²) in [6.07, 6.45) is 4.27. The highest BCUT2D eigenvalue weighted by Crippen LogP contribution is 2.45. The zero-order chi connectivity index (χ0) is 13.6. The second kappa shape index (κ2) is 4.60. The van der Waals surface area contributed by atoms with Crippen LogP contribution in [0.5, 0.6) is 0 Å². The summed E-state index contributed by atoms with van der Waals surface area (Å²) in [6.45, 7) is 4.42. The first-order chi connectivity index (χ1) is 8.99. The fourth-order valence-corrected chi connectivity index (χ4v) is 3.87. The molecule has 2 unspecified atom stereocenters. The van der Waals surface area contributed by atoms with Gasteiger partial charge in [-0.3, -0.25) is 0 Å². The second-order valence-electron chi connectivity index (χ2n) is 6.77. The van der Waals surface area contributed by atoms with Gasteiger partial charge in [-0.2, -0.15) is 0 Å². The van der Waals surface area contributed by atoms with Gasteiger partial charge in [-0.05, 0) is 49.8 Å². The van der Waals surface area contributed by atoms with Crippen LogP contribution in [0.1, 0.15) is 56.6 Å². The van der Waals surface area contributed by atoms with E-state index >= 15 is 0 Å².